The van der Waals surface area contributed by atoms with Crippen molar-refractivity contribution in [3.63, 3.8) is 0 Å². The van der Waals surface area contributed by atoms with Crippen molar-refractivity contribution >= 4 is 46.3 Å². The number of rotatable bonds is 3. The Labute approximate surface area is 133 Å². The molecule has 0 spiro atoms. The molecule has 2 aliphatic rings. The maximum atomic E-state index is 3.52. The molecule has 98 valence electrons. The van der Waals surface area contributed by atoms with Crippen molar-refractivity contribution in [2.45, 2.75) is 18.4 Å². The first-order valence-corrected chi connectivity index (χ1v) is 10.4. The summed E-state index contributed by atoms with van der Waals surface area (Å²) in [6.07, 6.45) is 2.65. The zero-order valence-electron chi connectivity index (χ0n) is 10.1. The third kappa shape index (κ3) is 2.61. The number of halogens is 2. The summed E-state index contributed by atoms with van der Waals surface area (Å²) >= 11 is 5.91. The van der Waals surface area contributed by atoms with Crippen molar-refractivity contribution in [1.82, 2.24) is 9.21 Å². The molecule has 1 aliphatic carbocycles. The highest BCUT2D eigenvalue weighted by molar-refractivity contribution is 14.2. The molecule has 0 radical (unpaired) electrons. The van der Waals surface area contributed by atoms with Crippen LogP contribution in [0.1, 0.15) is 18.4 Å². The van der Waals surface area contributed by atoms with E-state index in [4.69, 9.17) is 0 Å². The van der Waals surface area contributed by atoms with E-state index in [0.717, 1.165) is 0 Å². The van der Waals surface area contributed by atoms with E-state index < -0.39 is 0 Å². The predicted molar refractivity (Wildman–Crippen MR) is 89.8 cm³/mol. The third-order valence-electron chi connectivity index (χ3n) is 4.05. The summed E-state index contributed by atoms with van der Waals surface area (Å²) in [5, 5.41) is 0. The summed E-state index contributed by atoms with van der Waals surface area (Å²) in [5.41, 5.74) is 1.87. The van der Waals surface area contributed by atoms with Crippen molar-refractivity contribution < 1.29 is 0 Å². The first kappa shape index (κ1) is 13.7. The molecule has 1 aliphatic heterocycles. The first-order chi connectivity index (χ1) is 8.74. The summed E-state index contributed by atoms with van der Waals surface area (Å²) < 4.78 is 3.63. The van der Waals surface area contributed by atoms with E-state index in [0.29, 0.717) is 5.54 Å². The quantitative estimate of drug-likeness (QED) is 0.519. The molecule has 18 heavy (non-hydrogen) atoms. The maximum absolute atomic E-state index is 3.52. The van der Waals surface area contributed by atoms with Crippen molar-refractivity contribution in [3.05, 3.63) is 34.3 Å². The van der Waals surface area contributed by atoms with Crippen molar-refractivity contribution in [1.29, 1.82) is 0 Å². The lowest BCUT2D eigenvalue weighted by Crippen LogP contribution is -2.48. The number of hydrogen-bond donors (Lipinski definition) is 0. The molecule has 0 N–H and O–H groups in total. The normalized spacial score (nSPS) is 24.1. The van der Waals surface area contributed by atoms with E-state index in [9.17, 15) is 0 Å². The van der Waals surface area contributed by atoms with Crippen LogP contribution in [0.2, 0.25) is 0 Å². The molecule has 1 aromatic rings. The van der Waals surface area contributed by atoms with Gasteiger partial charge in [-0.2, -0.15) is 0 Å². The van der Waals surface area contributed by atoms with Crippen LogP contribution in [0.4, 0.5) is 0 Å². The van der Waals surface area contributed by atoms with Gasteiger partial charge in [-0.15, -0.1) is 0 Å². The van der Waals surface area contributed by atoms with Crippen LogP contribution in [0.5, 0.6) is 0 Å². The van der Waals surface area contributed by atoms with E-state index in [1.807, 2.05) is 9.12 Å². The van der Waals surface area contributed by atoms with E-state index in [1.54, 1.807) is 0 Å². The standard InChI is InChI=1S/C13H16BrIN2S/c14-12-3-1-11(2-4-12)13(5-6-13)16-7-9-17(18-15)10-8-16/h1-4H,5-10H2. The van der Waals surface area contributed by atoms with Gasteiger partial charge in [0, 0.05) is 57.4 Å². The van der Waals surface area contributed by atoms with Gasteiger partial charge in [-0.25, -0.2) is 4.31 Å². The molecule has 1 saturated carbocycles. The van der Waals surface area contributed by atoms with Gasteiger partial charge in [0.1, 0.15) is 0 Å². The number of nitrogens with zero attached hydrogens (tertiary/aromatic N) is 2. The van der Waals surface area contributed by atoms with Gasteiger partial charge in [-0.05, 0) is 39.7 Å². The van der Waals surface area contributed by atoms with Gasteiger partial charge in [0.2, 0.25) is 0 Å². The van der Waals surface area contributed by atoms with Crippen LogP contribution in [-0.2, 0) is 5.54 Å². The molecule has 1 saturated heterocycles. The van der Waals surface area contributed by atoms with E-state index >= 15 is 0 Å². The Morgan fingerprint density at radius 2 is 1.67 bits per heavy atom. The SMILES string of the molecule is Brc1ccc(C2(N3CCN(SI)CC3)CC2)cc1. The topological polar surface area (TPSA) is 6.48 Å². The molecule has 1 heterocycles. The van der Waals surface area contributed by atoms with Gasteiger partial charge >= 0.3 is 0 Å². The molecule has 0 amide bonds. The Balaban J connectivity index is 1.73. The first-order valence-electron chi connectivity index (χ1n) is 6.29. The molecule has 2 fully saturated rings. The highest BCUT2D eigenvalue weighted by atomic mass is 127. The molecule has 0 unspecified atom stereocenters. The van der Waals surface area contributed by atoms with E-state index in [-0.39, 0.29) is 0 Å². The second-order valence-electron chi connectivity index (χ2n) is 5.02. The van der Waals surface area contributed by atoms with Crippen LogP contribution in [0.25, 0.3) is 0 Å². The zero-order chi connectivity index (χ0) is 12.6. The van der Waals surface area contributed by atoms with Crippen LogP contribution < -0.4 is 0 Å². The van der Waals surface area contributed by atoms with Crippen LogP contribution in [-0.4, -0.2) is 35.4 Å². The molecule has 0 bridgehead atoms. The Morgan fingerprint density at radius 3 is 2.17 bits per heavy atom. The van der Waals surface area contributed by atoms with Gasteiger partial charge in [0.05, 0.1) is 0 Å². The van der Waals surface area contributed by atoms with Crippen LogP contribution in [0.15, 0.2) is 28.7 Å². The Kier molecular flexibility index (Phi) is 4.25. The molecule has 0 atom stereocenters. The fourth-order valence-corrected chi connectivity index (χ4v) is 4.60. The summed E-state index contributed by atoms with van der Waals surface area (Å²) in [6, 6.07) is 8.92. The van der Waals surface area contributed by atoms with Gasteiger partial charge in [0.15, 0.2) is 0 Å². The predicted octanol–water partition coefficient (Wildman–Crippen LogP) is 4.05. The highest BCUT2D eigenvalue weighted by Gasteiger charge is 2.49. The van der Waals surface area contributed by atoms with Crippen molar-refractivity contribution in [3.8, 4) is 0 Å². The maximum Gasteiger partial charge on any atom is 0.0463 e. The lowest BCUT2D eigenvalue weighted by Gasteiger charge is -2.38. The fraction of sp³-hybridized carbons (Fsp3) is 0.538. The largest absolute Gasteiger partial charge is 0.291 e. The van der Waals surface area contributed by atoms with Crippen molar-refractivity contribution in [2.24, 2.45) is 0 Å². The third-order valence-corrected chi connectivity index (χ3v) is 6.81. The molecule has 5 heteroatoms. The second kappa shape index (κ2) is 5.60. The summed E-state index contributed by atoms with van der Waals surface area (Å²) in [6.45, 7) is 4.77. The summed E-state index contributed by atoms with van der Waals surface area (Å²) in [7, 11) is 1.85. The van der Waals surface area contributed by atoms with Gasteiger partial charge in [-0.3, -0.25) is 4.90 Å². The molecular weight excluding hydrogens is 423 g/mol. The number of piperazine rings is 1. The minimum atomic E-state index is 0.364. The molecule has 0 aromatic heterocycles. The molecule has 3 rings (SSSR count). The minimum absolute atomic E-state index is 0.364. The van der Waals surface area contributed by atoms with Crippen LogP contribution in [0.3, 0.4) is 0 Å². The summed E-state index contributed by atoms with van der Waals surface area (Å²) in [4.78, 5) is 2.69. The number of benzene rings is 1. The Hall–Kier alpha value is 0.700. The lowest BCUT2D eigenvalue weighted by molar-refractivity contribution is 0.126. The van der Waals surface area contributed by atoms with E-state index in [2.05, 4.69) is 70.6 Å². The smallest absolute Gasteiger partial charge is 0.0463 e. The number of hydrogen-bond acceptors (Lipinski definition) is 3. The van der Waals surface area contributed by atoms with Crippen LogP contribution in [0, 0.1) is 0 Å². The average Bonchev–Trinajstić information content (AvgIpc) is 3.21. The molecular formula is C13H16BrIN2S. The lowest BCUT2D eigenvalue weighted by atomic mass is 10.0. The van der Waals surface area contributed by atoms with Gasteiger partial charge in [0.25, 0.3) is 0 Å². The molecule has 2 nitrogen and oxygen atoms in total. The highest BCUT2D eigenvalue weighted by Crippen LogP contribution is 2.51. The van der Waals surface area contributed by atoms with Gasteiger partial charge in [-0.1, -0.05) is 28.1 Å². The molecule has 1 aromatic carbocycles. The average molecular weight is 439 g/mol. The monoisotopic (exact) mass is 438 g/mol. The second-order valence-corrected chi connectivity index (χ2v) is 7.78. The van der Waals surface area contributed by atoms with E-state index in [1.165, 1.54) is 49.1 Å². The Bertz CT molecular complexity index is 414. The van der Waals surface area contributed by atoms with Crippen molar-refractivity contribution in [2.75, 3.05) is 26.2 Å². The summed E-state index contributed by atoms with van der Waals surface area (Å²) in [5.74, 6) is 0. The van der Waals surface area contributed by atoms with Crippen LogP contribution >= 0.6 is 46.3 Å². The van der Waals surface area contributed by atoms with Gasteiger partial charge < -0.3 is 0 Å². The fourth-order valence-electron chi connectivity index (χ4n) is 2.85. The zero-order valence-corrected chi connectivity index (χ0v) is 14.7. The minimum Gasteiger partial charge on any atom is -0.291 e. The Morgan fingerprint density at radius 1 is 1.06 bits per heavy atom.